The molecule has 0 unspecified atom stereocenters. The van der Waals surface area contributed by atoms with E-state index in [1.54, 1.807) is 0 Å². The second kappa shape index (κ2) is 10.7. The molecule has 0 saturated heterocycles. The number of rotatable bonds is 9. The van der Waals surface area contributed by atoms with Crippen molar-refractivity contribution in [2.75, 3.05) is 13.7 Å². The van der Waals surface area contributed by atoms with Crippen LogP contribution in [0.5, 0.6) is 0 Å². The van der Waals surface area contributed by atoms with Crippen molar-refractivity contribution in [1.29, 1.82) is 0 Å². The topological polar surface area (TPSA) is 81.4 Å². The summed E-state index contributed by atoms with van der Waals surface area (Å²) in [6.07, 6.45) is 1.07. The van der Waals surface area contributed by atoms with E-state index in [4.69, 9.17) is 10.5 Å². The Balaban J connectivity index is 1.85. The summed E-state index contributed by atoms with van der Waals surface area (Å²) in [5.41, 5.74) is 7.86. The monoisotopic (exact) mass is 422 g/mol. The number of ether oxygens (including phenoxy) is 1. The maximum absolute atomic E-state index is 12.8. The smallest absolute Gasteiger partial charge is 0.328 e. The number of amides is 1. The fraction of sp³-hybridized carbons (Fsp3) is 0.250. The van der Waals surface area contributed by atoms with Crippen LogP contribution < -0.4 is 11.1 Å². The van der Waals surface area contributed by atoms with Crippen molar-refractivity contribution in [2.24, 2.45) is 5.73 Å². The molecule has 1 amide bonds. The molecule has 3 N–H and O–H groups in total. The zero-order valence-corrected chi connectivity index (χ0v) is 17.7. The van der Waals surface area contributed by atoms with E-state index in [0.29, 0.717) is 24.3 Å². The molecular weight excluding hydrogens is 396 g/mol. The van der Waals surface area contributed by atoms with E-state index in [-0.39, 0.29) is 11.8 Å². The van der Waals surface area contributed by atoms with Crippen LogP contribution in [-0.4, -0.2) is 31.6 Å². The van der Waals surface area contributed by atoms with Crippen molar-refractivity contribution in [3.63, 3.8) is 0 Å². The van der Waals surface area contributed by atoms with Crippen molar-refractivity contribution in [3.05, 3.63) is 93.7 Å². The predicted octanol–water partition coefficient (Wildman–Crippen LogP) is 3.94. The molecule has 1 heterocycles. The van der Waals surface area contributed by atoms with Gasteiger partial charge in [-0.05, 0) is 42.6 Å². The van der Waals surface area contributed by atoms with Crippen molar-refractivity contribution in [1.82, 2.24) is 5.32 Å². The average Bonchev–Trinajstić information content (AvgIpc) is 3.27. The van der Waals surface area contributed by atoms with Crippen LogP contribution in [0, 0.1) is 0 Å². The van der Waals surface area contributed by atoms with Crippen LogP contribution in [0.15, 0.2) is 72.8 Å². The second-order valence-electron chi connectivity index (χ2n) is 6.94. The van der Waals surface area contributed by atoms with Crippen LogP contribution in [0.2, 0.25) is 0 Å². The molecule has 2 aromatic carbocycles. The Morgan fingerprint density at radius 2 is 1.57 bits per heavy atom. The molecule has 0 aliphatic rings. The zero-order chi connectivity index (χ0) is 21.3. The van der Waals surface area contributed by atoms with Gasteiger partial charge in [0.1, 0.15) is 6.04 Å². The lowest BCUT2D eigenvalue weighted by molar-refractivity contribution is -0.143. The molecule has 0 aliphatic heterocycles. The van der Waals surface area contributed by atoms with Crippen molar-refractivity contribution in [3.8, 4) is 0 Å². The Labute approximate surface area is 180 Å². The number of nitrogens with one attached hydrogen (secondary N) is 1. The first kappa shape index (κ1) is 21.7. The summed E-state index contributed by atoms with van der Waals surface area (Å²) in [6.45, 7) is 0.447. The third-order valence-corrected chi connectivity index (χ3v) is 6.04. The van der Waals surface area contributed by atoms with Gasteiger partial charge in [0.25, 0.3) is 5.91 Å². The van der Waals surface area contributed by atoms with E-state index < -0.39 is 12.0 Å². The predicted molar refractivity (Wildman–Crippen MR) is 120 cm³/mol. The summed E-state index contributed by atoms with van der Waals surface area (Å²) in [7, 11) is 1.32. The quantitative estimate of drug-likeness (QED) is 0.512. The van der Waals surface area contributed by atoms with E-state index in [0.717, 1.165) is 16.0 Å². The Kier molecular flexibility index (Phi) is 7.76. The van der Waals surface area contributed by atoms with Gasteiger partial charge in [0, 0.05) is 10.8 Å². The van der Waals surface area contributed by atoms with Gasteiger partial charge in [-0.1, -0.05) is 60.7 Å². The maximum Gasteiger partial charge on any atom is 0.328 e. The van der Waals surface area contributed by atoms with Gasteiger partial charge in [-0.3, -0.25) is 4.79 Å². The minimum absolute atomic E-state index is 0.0348. The van der Waals surface area contributed by atoms with E-state index in [1.807, 2.05) is 48.5 Å². The molecule has 3 aromatic rings. The SMILES string of the molecule is COC(=O)[C@H](CCCN)NC(=O)c1ccc(C(c2ccccc2)c2ccccc2)s1. The van der Waals surface area contributed by atoms with Gasteiger partial charge in [-0.2, -0.15) is 0 Å². The molecule has 1 aromatic heterocycles. The van der Waals surface area contributed by atoms with Crippen LogP contribution in [0.1, 0.15) is 44.4 Å². The highest BCUT2D eigenvalue weighted by Crippen LogP contribution is 2.36. The van der Waals surface area contributed by atoms with Gasteiger partial charge in [-0.15, -0.1) is 11.3 Å². The number of hydrogen-bond donors (Lipinski definition) is 2. The number of thiophene rings is 1. The van der Waals surface area contributed by atoms with Crippen LogP contribution in [-0.2, 0) is 9.53 Å². The van der Waals surface area contributed by atoms with Crippen LogP contribution in [0.3, 0.4) is 0 Å². The summed E-state index contributed by atoms with van der Waals surface area (Å²) >= 11 is 1.44. The minimum Gasteiger partial charge on any atom is -0.467 e. The zero-order valence-electron chi connectivity index (χ0n) is 16.9. The molecule has 0 bridgehead atoms. The molecule has 6 heteroatoms. The first-order chi connectivity index (χ1) is 14.6. The highest BCUT2D eigenvalue weighted by molar-refractivity contribution is 7.14. The fourth-order valence-electron chi connectivity index (χ4n) is 3.38. The lowest BCUT2D eigenvalue weighted by atomic mass is 9.90. The number of carbonyl (C=O) groups is 2. The van der Waals surface area contributed by atoms with Crippen molar-refractivity contribution >= 4 is 23.2 Å². The van der Waals surface area contributed by atoms with Crippen molar-refractivity contribution in [2.45, 2.75) is 24.8 Å². The lowest BCUT2D eigenvalue weighted by Gasteiger charge is -2.17. The summed E-state index contributed by atoms with van der Waals surface area (Å²) < 4.78 is 4.81. The molecule has 0 radical (unpaired) electrons. The molecule has 0 spiro atoms. The van der Waals surface area contributed by atoms with Crippen LogP contribution in [0.25, 0.3) is 0 Å². The number of methoxy groups -OCH3 is 1. The Morgan fingerprint density at radius 1 is 0.967 bits per heavy atom. The lowest BCUT2D eigenvalue weighted by Crippen LogP contribution is -2.41. The number of benzene rings is 2. The first-order valence-corrected chi connectivity index (χ1v) is 10.7. The van der Waals surface area contributed by atoms with E-state index in [1.165, 1.54) is 18.4 Å². The molecule has 30 heavy (non-hydrogen) atoms. The third-order valence-electron chi connectivity index (χ3n) is 4.89. The normalized spacial score (nSPS) is 11.8. The largest absolute Gasteiger partial charge is 0.467 e. The van der Waals surface area contributed by atoms with Crippen LogP contribution >= 0.6 is 11.3 Å². The summed E-state index contributed by atoms with van der Waals surface area (Å²) in [5.74, 6) is -0.703. The molecule has 0 saturated carbocycles. The number of esters is 1. The highest BCUT2D eigenvalue weighted by Gasteiger charge is 2.24. The first-order valence-electron chi connectivity index (χ1n) is 9.92. The molecule has 3 rings (SSSR count). The third kappa shape index (κ3) is 5.34. The van der Waals surface area contributed by atoms with E-state index in [2.05, 4.69) is 29.6 Å². The molecular formula is C24H26N2O3S. The maximum atomic E-state index is 12.8. The number of nitrogens with two attached hydrogens (primary N) is 1. The molecule has 156 valence electrons. The van der Waals surface area contributed by atoms with Gasteiger partial charge in [0.2, 0.25) is 0 Å². The number of carbonyl (C=O) groups excluding carboxylic acids is 2. The highest BCUT2D eigenvalue weighted by atomic mass is 32.1. The van der Waals surface area contributed by atoms with Gasteiger partial charge < -0.3 is 15.8 Å². The minimum atomic E-state index is -0.698. The van der Waals surface area contributed by atoms with Crippen LogP contribution in [0.4, 0.5) is 0 Å². The summed E-state index contributed by atoms with van der Waals surface area (Å²) in [6, 6.07) is 23.5. The average molecular weight is 423 g/mol. The van der Waals surface area contributed by atoms with Gasteiger partial charge in [0.15, 0.2) is 0 Å². The molecule has 1 atom stereocenters. The Hall–Kier alpha value is -2.96. The Morgan fingerprint density at radius 3 is 2.10 bits per heavy atom. The van der Waals surface area contributed by atoms with E-state index in [9.17, 15) is 9.59 Å². The fourth-order valence-corrected chi connectivity index (χ4v) is 4.45. The van der Waals surface area contributed by atoms with Gasteiger partial charge in [0.05, 0.1) is 12.0 Å². The summed E-state index contributed by atoms with van der Waals surface area (Å²) in [4.78, 5) is 26.4. The second-order valence-corrected chi connectivity index (χ2v) is 8.05. The standard InChI is InChI=1S/C24H26N2O3S/c1-29-24(28)19(13-8-16-25)26-23(27)21-15-14-20(30-21)22(17-9-4-2-5-10-17)18-11-6-3-7-12-18/h2-7,9-12,14-15,19,22H,8,13,16,25H2,1H3,(H,26,27)/t19-/m0/s1. The van der Waals surface area contributed by atoms with Gasteiger partial charge >= 0.3 is 5.97 Å². The van der Waals surface area contributed by atoms with Crippen molar-refractivity contribution < 1.29 is 14.3 Å². The number of hydrogen-bond acceptors (Lipinski definition) is 5. The van der Waals surface area contributed by atoms with E-state index >= 15 is 0 Å². The molecule has 0 aliphatic carbocycles. The van der Waals surface area contributed by atoms with Gasteiger partial charge in [-0.25, -0.2) is 4.79 Å². The molecule has 5 nitrogen and oxygen atoms in total. The molecule has 0 fully saturated rings. The Bertz CT molecular complexity index is 917. The summed E-state index contributed by atoms with van der Waals surface area (Å²) in [5, 5.41) is 2.79.